The van der Waals surface area contributed by atoms with E-state index in [4.69, 9.17) is 0 Å². The Hall–Kier alpha value is -0.750. The van der Waals surface area contributed by atoms with Crippen LogP contribution in [0.2, 0.25) is 0 Å². The van der Waals surface area contributed by atoms with Crippen LogP contribution in [0, 0.1) is 11.8 Å². The van der Waals surface area contributed by atoms with Gasteiger partial charge in [0.2, 0.25) is 5.92 Å². The van der Waals surface area contributed by atoms with E-state index in [1.165, 1.54) is 0 Å². The van der Waals surface area contributed by atoms with Crippen LogP contribution in [0.5, 0.6) is 0 Å². The lowest BCUT2D eigenvalue weighted by atomic mass is 9.99. The number of hydrogen-bond donors (Lipinski definition) is 0. The van der Waals surface area contributed by atoms with E-state index in [9.17, 15) is 31.1 Å². The van der Waals surface area contributed by atoms with Crippen LogP contribution in [-0.2, 0) is 4.79 Å². The highest BCUT2D eigenvalue weighted by Gasteiger charge is 2.62. The highest BCUT2D eigenvalue weighted by molar-refractivity contribution is 5.86. The van der Waals surface area contributed by atoms with Crippen molar-refractivity contribution in [1.29, 1.82) is 0 Å². The van der Waals surface area contributed by atoms with Gasteiger partial charge in [0.15, 0.2) is 5.78 Å². The molecule has 0 N–H and O–H groups in total. The Balaban J connectivity index is 2.87. The van der Waals surface area contributed by atoms with Crippen LogP contribution in [0.15, 0.2) is 0 Å². The quantitative estimate of drug-likeness (QED) is 0.654. The van der Waals surface area contributed by atoms with Crippen LogP contribution in [0.25, 0.3) is 0 Å². The zero-order valence-electron chi connectivity index (χ0n) is 6.74. The normalized spacial score (nSPS) is 18.8. The summed E-state index contributed by atoms with van der Waals surface area (Å²) >= 11 is 0. The van der Waals surface area contributed by atoms with Crippen LogP contribution < -0.4 is 0 Å². The van der Waals surface area contributed by atoms with Gasteiger partial charge in [-0.25, -0.2) is 0 Å². The van der Waals surface area contributed by atoms with E-state index >= 15 is 0 Å². The molecule has 0 atom stereocenters. The first-order valence-electron chi connectivity index (χ1n) is 3.81. The molecule has 0 unspecified atom stereocenters. The second-order valence-electron chi connectivity index (χ2n) is 3.19. The predicted octanol–water partition coefficient (Wildman–Crippen LogP) is 2.71. The zero-order valence-corrected chi connectivity index (χ0v) is 6.74. The van der Waals surface area contributed by atoms with E-state index < -0.39 is 30.0 Å². The lowest BCUT2D eigenvalue weighted by Crippen LogP contribution is -2.43. The summed E-state index contributed by atoms with van der Waals surface area (Å²) in [7, 11) is 0. The van der Waals surface area contributed by atoms with Gasteiger partial charge in [-0.05, 0) is 12.8 Å². The van der Waals surface area contributed by atoms with Crippen molar-refractivity contribution in [1.82, 2.24) is 0 Å². The first kappa shape index (κ1) is 11.3. The minimum Gasteiger partial charge on any atom is -0.298 e. The Morgan fingerprint density at radius 1 is 1.00 bits per heavy atom. The zero-order chi connectivity index (χ0) is 11.1. The molecule has 0 amide bonds. The number of halogens is 6. The molecule has 0 spiro atoms. The van der Waals surface area contributed by atoms with Crippen molar-refractivity contribution < 1.29 is 31.1 Å². The molecular formula is C7H6F6O. The van der Waals surface area contributed by atoms with Crippen LogP contribution in [-0.4, -0.2) is 18.1 Å². The predicted molar refractivity (Wildman–Crippen MR) is 33.3 cm³/mol. The Bertz CT molecular complexity index is 222. The molecule has 0 aromatic rings. The molecule has 82 valence electrons. The fourth-order valence-corrected chi connectivity index (χ4v) is 1.11. The van der Waals surface area contributed by atoms with Crippen LogP contribution >= 0.6 is 0 Å². The molecule has 0 radical (unpaired) electrons. The van der Waals surface area contributed by atoms with Crippen LogP contribution in [0.4, 0.5) is 26.3 Å². The maximum absolute atomic E-state index is 11.9. The topological polar surface area (TPSA) is 17.1 Å². The summed E-state index contributed by atoms with van der Waals surface area (Å²) in [6, 6.07) is 0. The molecule has 1 saturated carbocycles. The molecular weight excluding hydrogens is 214 g/mol. The van der Waals surface area contributed by atoms with Gasteiger partial charge in [0.05, 0.1) is 0 Å². The average molecular weight is 220 g/mol. The number of ketones is 1. The first-order valence-corrected chi connectivity index (χ1v) is 3.81. The lowest BCUT2D eigenvalue weighted by Gasteiger charge is -2.21. The monoisotopic (exact) mass is 220 g/mol. The molecule has 0 heterocycles. The standard InChI is InChI=1S/C7H6F6O/c8-6(9,10)5(7(11,12)13)4(14)3-1-2-3/h3,5H,1-2H2. The maximum atomic E-state index is 11.9. The largest absolute Gasteiger partial charge is 0.407 e. The fraction of sp³-hybridized carbons (Fsp3) is 0.857. The maximum Gasteiger partial charge on any atom is 0.407 e. The third-order valence-corrected chi connectivity index (χ3v) is 1.92. The Labute approximate surface area is 75.1 Å². The van der Waals surface area contributed by atoms with Crippen molar-refractivity contribution in [2.24, 2.45) is 11.8 Å². The van der Waals surface area contributed by atoms with Gasteiger partial charge in [0.1, 0.15) is 0 Å². The third kappa shape index (κ3) is 2.39. The molecule has 1 fully saturated rings. The van der Waals surface area contributed by atoms with Gasteiger partial charge in [-0.15, -0.1) is 0 Å². The van der Waals surface area contributed by atoms with Crippen LogP contribution in [0.1, 0.15) is 12.8 Å². The van der Waals surface area contributed by atoms with Gasteiger partial charge < -0.3 is 0 Å². The Kier molecular flexibility index (Phi) is 2.53. The Morgan fingerprint density at radius 3 is 1.57 bits per heavy atom. The van der Waals surface area contributed by atoms with Gasteiger partial charge in [0, 0.05) is 5.92 Å². The van der Waals surface area contributed by atoms with Gasteiger partial charge >= 0.3 is 12.4 Å². The number of carbonyl (C=O) groups excluding carboxylic acids is 1. The molecule has 0 aromatic carbocycles. The van der Waals surface area contributed by atoms with Crippen molar-refractivity contribution in [2.75, 3.05) is 0 Å². The highest BCUT2D eigenvalue weighted by atomic mass is 19.4. The summed E-state index contributed by atoms with van der Waals surface area (Å²) in [6.45, 7) is 0. The van der Waals surface area contributed by atoms with E-state index in [0.717, 1.165) is 0 Å². The minimum absolute atomic E-state index is 0.126. The van der Waals surface area contributed by atoms with Crippen molar-refractivity contribution in [3.63, 3.8) is 0 Å². The van der Waals surface area contributed by atoms with E-state index in [-0.39, 0.29) is 12.8 Å². The highest BCUT2D eigenvalue weighted by Crippen LogP contribution is 2.45. The van der Waals surface area contributed by atoms with E-state index in [2.05, 4.69) is 0 Å². The number of alkyl halides is 6. The number of carbonyl (C=O) groups is 1. The van der Waals surface area contributed by atoms with E-state index in [0.29, 0.717) is 0 Å². The Morgan fingerprint density at radius 2 is 1.36 bits per heavy atom. The van der Waals surface area contributed by atoms with Crippen molar-refractivity contribution in [2.45, 2.75) is 25.2 Å². The molecule has 0 bridgehead atoms. The molecule has 0 aromatic heterocycles. The molecule has 1 aliphatic carbocycles. The smallest absolute Gasteiger partial charge is 0.298 e. The van der Waals surface area contributed by atoms with Crippen molar-refractivity contribution >= 4 is 5.78 Å². The minimum atomic E-state index is -5.53. The second kappa shape index (κ2) is 3.13. The average Bonchev–Trinajstić information content (AvgIpc) is 2.57. The van der Waals surface area contributed by atoms with Crippen LogP contribution in [0.3, 0.4) is 0 Å². The summed E-state index contributed by atoms with van der Waals surface area (Å²) in [6.07, 6.45) is -10.8. The van der Waals surface area contributed by atoms with E-state index in [1.54, 1.807) is 0 Å². The molecule has 14 heavy (non-hydrogen) atoms. The van der Waals surface area contributed by atoms with Gasteiger partial charge in [0.25, 0.3) is 0 Å². The summed E-state index contributed by atoms with van der Waals surface area (Å²) < 4.78 is 71.5. The summed E-state index contributed by atoms with van der Waals surface area (Å²) in [5.41, 5.74) is 0. The molecule has 1 aliphatic rings. The SMILES string of the molecule is O=C(C1CC1)C(C(F)(F)F)C(F)(F)F. The number of Topliss-reactive ketones (excluding diaryl/α,β-unsaturated/α-hetero) is 1. The summed E-state index contributed by atoms with van der Waals surface area (Å²) in [5, 5.41) is 0. The number of hydrogen-bond acceptors (Lipinski definition) is 1. The summed E-state index contributed by atoms with van der Waals surface area (Å²) in [5.74, 6) is -6.60. The van der Waals surface area contributed by atoms with E-state index in [1.807, 2.05) is 0 Å². The fourth-order valence-electron chi connectivity index (χ4n) is 1.11. The molecule has 0 aliphatic heterocycles. The third-order valence-electron chi connectivity index (χ3n) is 1.92. The van der Waals surface area contributed by atoms with Crippen molar-refractivity contribution in [3.05, 3.63) is 0 Å². The molecule has 1 nitrogen and oxygen atoms in total. The molecule has 0 saturated heterocycles. The lowest BCUT2D eigenvalue weighted by molar-refractivity contribution is -0.274. The summed E-state index contributed by atoms with van der Waals surface area (Å²) in [4.78, 5) is 10.8. The number of rotatable bonds is 2. The van der Waals surface area contributed by atoms with Gasteiger partial charge in [-0.1, -0.05) is 0 Å². The second-order valence-corrected chi connectivity index (χ2v) is 3.19. The van der Waals surface area contributed by atoms with Crippen molar-refractivity contribution in [3.8, 4) is 0 Å². The van der Waals surface area contributed by atoms with Gasteiger partial charge in [-0.3, -0.25) is 4.79 Å². The van der Waals surface area contributed by atoms with Gasteiger partial charge in [-0.2, -0.15) is 26.3 Å². The molecule has 7 heteroatoms. The first-order chi connectivity index (χ1) is 6.14. The molecule has 1 rings (SSSR count).